The maximum atomic E-state index is 4.60. The average Bonchev–Trinajstić information content (AvgIpc) is 3.27. The average molecular weight is 260 g/mol. The number of aromatic nitrogens is 2. The van der Waals surface area contributed by atoms with Gasteiger partial charge in [-0.05, 0) is 18.4 Å². The minimum absolute atomic E-state index is 0.662. The van der Waals surface area contributed by atoms with Gasteiger partial charge in [0.1, 0.15) is 5.69 Å². The van der Waals surface area contributed by atoms with Gasteiger partial charge >= 0.3 is 0 Å². The molecule has 2 aromatic carbocycles. The molecule has 1 N–H and O–H groups in total. The molecular weight excluding hydrogens is 244 g/mol. The number of rotatable bonds is 3. The third-order valence-electron chi connectivity index (χ3n) is 3.89. The molecule has 98 valence electrons. The summed E-state index contributed by atoms with van der Waals surface area (Å²) in [7, 11) is 0. The lowest BCUT2D eigenvalue weighted by molar-refractivity contribution is 0.968. The Labute approximate surface area is 118 Å². The van der Waals surface area contributed by atoms with E-state index in [9.17, 15) is 0 Å². The Morgan fingerprint density at radius 2 is 1.40 bits per heavy atom. The monoisotopic (exact) mass is 260 g/mol. The molecule has 0 atom stereocenters. The fourth-order valence-electron chi connectivity index (χ4n) is 2.72. The van der Waals surface area contributed by atoms with Crippen LogP contribution in [0, 0.1) is 0 Å². The lowest BCUT2D eigenvalue weighted by Gasteiger charge is -2.06. The normalized spacial score (nSPS) is 14.4. The Hall–Kier alpha value is -2.35. The fraction of sp³-hybridized carbons (Fsp3) is 0.167. The van der Waals surface area contributed by atoms with E-state index >= 15 is 0 Å². The van der Waals surface area contributed by atoms with E-state index in [-0.39, 0.29) is 0 Å². The zero-order valence-corrected chi connectivity index (χ0v) is 11.2. The van der Waals surface area contributed by atoms with E-state index in [1.807, 2.05) is 6.07 Å². The smallest absolute Gasteiger partial charge is 0.100 e. The Bertz CT molecular complexity index is 710. The Morgan fingerprint density at radius 1 is 0.800 bits per heavy atom. The molecule has 0 amide bonds. The molecule has 0 aliphatic heterocycles. The summed E-state index contributed by atoms with van der Waals surface area (Å²) in [4.78, 5) is 0. The maximum Gasteiger partial charge on any atom is 0.100 e. The molecule has 1 aliphatic rings. The van der Waals surface area contributed by atoms with Gasteiger partial charge in [-0.2, -0.15) is 5.10 Å². The van der Waals surface area contributed by atoms with Crippen molar-refractivity contribution in [2.45, 2.75) is 18.8 Å². The van der Waals surface area contributed by atoms with Crippen LogP contribution >= 0.6 is 0 Å². The van der Waals surface area contributed by atoms with Gasteiger partial charge < -0.3 is 0 Å². The summed E-state index contributed by atoms with van der Waals surface area (Å²) in [6.45, 7) is 0. The summed E-state index contributed by atoms with van der Waals surface area (Å²) in [5.74, 6) is 0.662. The molecule has 0 saturated heterocycles. The number of nitrogens with zero attached hydrogens (tertiary/aromatic N) is 1. The van der Waals surface area contributed by atoms with Crippen molar-refractivity contribution in [3.8, 4) is 22.4 Å². The lowest BCUT2D eigenvalue weighted by Crippen LogP contribution is -1.86. The number of hydrogen-bond donors (Lipinski definition) is 1. The molecule has 0 bridgehead atoms. The molecule has 1 aromatic heterocycles. The predicted molar refractivity (Wildman–Crippen MR) is 81.4 cm³/mol. The first kappa shape index (κ1) is 11.5. The van der Waals surface area contributed by atoms with Crippen LogP contribution in [0.4, 0.5) is 0 Å². The summed E-state index contributed by atoms with van der Waals surface area (Å²) in [5.41, 5.74) is 6.07. The standard InChI is InChI=1S/C18H16N2/c1-3-7-13(8-4-1)16-17(14-9-5-2-6-10-14)19-20-18(16)15-11-12-15/h1-10,15H,11-12H2,(H,19,20). The Balaban J connectivity index is 1.92. The van der Waals surface area contributed by atoms with Crippen LogP contribution in [0.5, 0.6) is 0 Å². The van der Waals surface area contributed by atoms with Gasteiger partial charge in [-0.1, -0.05) is 60.7 Å². The van der Waals surface area contributed by atoms with Crippen LogP contribution in [0.15, 0.2) is 60.7 Å². The molecule has 0 unspecified atom stereocenters. The molecule has 1 aliphatic carbocycles. The van der Waals surface area contributed by atoms with Crippen LogP contribution in [0.3, 0.4) is 0 Å². The van der Waals surface area contributed by atoms with E-state index < -0.39 is 0 Å². The molecule has 0 radical (unpaired) electrons. The van der Waals surface area contributed by atoms with Gasteiger partial charge in [0.25, 0.3) is 0 Å². The third kappa shape index (κ3) is 1.94. The first-order chi connectivity index (χ1) is 9.93. The number of hydrogen-bond acceptors (Lipinski definition) is 1. The van der Waals surface area contributed by atoms with Gasteiger partial charge in [-0.15, -0.1) is 0 Å². The molecule has 3 aromatic rings. The number of H-pyrrole nitrogens is 1. The molecule has 1 heterocycles. The number of aromatic amines is 1. The summed E-state index contributed by atoms with van der Waals surface area (Å²) < 4.78 is 0. The van der Waals surface area contributed by atoms with Crippen molar-refractivity contribution in [2.75, 3.05) is 0 Å². The molecule has 4 rings (SSSR count). The predicted octanol–water partition coefficient (Wildman–Crippen LogP) is 4.62. The van der Waals surface area contributed by atoms with Crippen molar-refractivity contribution in [3.05, 3.63) is 66.4 Å². The van der Waals surface area contributed by atoms with Gasteiger partial charge in [0.15, 0.2) is 0 Å². The van der Waals surface area contributed by atoms with Gasteiger partial charge in [-0.25, -0.2) is 0 Å². The second-order valence-electron chi connectivity index (χ2n) is 5.37. The molecule has 20 heavy (non-hydrogen) atoms. The first-order valence-electron chi connectivity index (χ1n) is 7.12. The van der Waals surface area contributed by atoms with Crippen molar-refractivity contribution >= 4 is 0 Å². The van der Waals surface area contributed by atoms with Crippen LogP contribution in [0.2, 0.25) is 0 Å². The largest absolute Gasteiger partial charge is 0.281 e. The van der Waals surface area contributed by atoms with Gasteiger partial charge in [0.2, 0.25) is 0 Å². The molecule has 1 saturated carbocycles. The van der Waals surface area contributed by atoms with Gasteiger partial charge in [-0.3, -0.25) is 5.10 Å². The molecule has 0 spiro atoms. The highest BCUT2D eigenvalue weighted by atomic mass is 15.1. The van der Waals surface area contributed by atoms with Crippen LogP contribution in [-0.4, -0.2) is 10.2 Å². The quantitative estimate of drug-likeness (QED) is 0.731. The molecule has 1 fully saturated rings. The van der Waals surface area contributed by atoms with Crippen molar-refractivity contribution in [1.29, 1.82) is 0 Å². The zero-order valence-electron chi connectivity index (χ0n) is 11.2. The van der Waals surface area contributed by atoms with Crippen LogP contribution in [0.25, 0.3) is 22.4 Å². The summed E-state index contributed by atoms with van der Waals surface area (Å²) in [5, 5.41) is 7.88. The van der Waals surface area contributed by atoms with Gasteiger partial charge in [0, 0.05) is 22.7 Å². The van der Waals surface area contributed by atoms with Crippen molar-refractivity contribution < 1.29 is 0 Å². The topological polar surface area (TPSA) is 28.7 Å². The molecular formula is C18H16N2. The van der Waals surface area contributed by atoms with Gasteiger partial charge in [0.05, 0.1) is 0 Å². The van der Waals surface area contributed by atoms with E-state index in [1.165, 1.54) is 35.2 Å². The lowest BCUT2D eigenvalue weighted by atomic mass is 9.97. The minimum atomic E-state index is 0.662. The van der Waals surface area contributed by atoms with E-state index in [0.29, 0.717) is 5.92 Å². The summed E-state index contributed by atoms with van der Waals surface area (Å²) >= 11 is 0. The summed E-state index contributed by atoms with van der Waals surface area (Å²) in [6.07, 6.45) is 2.55. The second kappa shape index (κ2) is 4.64. The van der Waals surface area contributed by atoms with Crippen LogP contribution < -0.4 is 0 Å². The van der Waals surface area contributed by atoms with Crippen molar-refractivity contribution in [2.24, 2.45) is 0 Å². The number of benzene rings is 2. The van der Waals surface area contributed by atoms with E-state index in [2.05, 4.69) is 64.8 Å². The maximum absolute atomic E-state index is 4.60. The third-order valence-corrected chi connectivity index (χ3v) is 3.89. The van der Waals surface area contributed by atoms with Crippen molar-refractivity contribution in [1.82, 2.24) is 10.2 Å². The SMILES string of the molecule is c1ccc(-c2n[nH]c(C3CC3)c2-c2ccccc2)cc1. The second-order valence-corrected chi connectivity index (χ2v) is 5.37. The molecule has 2 nitrogen and oxygen atoms in total. The summed E-state index contributed by atoms with van der Waals surface area (Å²) in [6, 6.07) is 21.0. The van der Waals surface area contributed by atoms with Crippen molar-refractivity contribution in [3.63, 3.8) is 0 Å². The zero-order chi connectivity index (χ0) is 13.4. The minimum Gasteiger partial charge on any atom is -0.281 e. The highest BCUT2D eigenvalue weighted by Gasteiger charge is 2.30. The number of nitrogens with one attached hydrogen (secondary N) is 1. The highest BCUT2D eigenvalue weighted by Crippen LogP contribution is 2.46. The molecule has 2 heteroatoms. The van der Waals surface area contributed by atoms with Crippen LogP contribution in [-0.2, 0) is 0 Å². The van der Waals surface area contributed by atoms with E-state index in [1.54, 1.807) is 0 Å². The first-order valence-corrected chi connectivity index (χ1v) is 7.12. The highest BCUT2D eigenvalue weighted by molar-refractivity contribution is 5.83. The Kier molecular flexibility index (Phi) is 2.66. The fourth-order valence-corrected chi connectivity index (χ4v) is 2.72. The Morgan fingerprint density at radius 3 is 2.00 bits per heavy atom. The van der Waals surface area contributed by atoms with Crippen LogP contribution in [0.1, 0.15) is 24.5 Å². The van der Waals surface area contributed by atoms with E-state index in [0.717, 1.165) is 5.69 Å². The van der Waals surface area contributed by atoms with E-state index in [4.69, 9.17) is 0 Å².